The molecular weight excluding hydrogens is 252 g/mol. The Labute approximate surface area is 120 Å². The zero-order valence-corrected chi connectivity index (χ0v) is 12.5. The van der Waals surface area contributed by atoms with E-state index in [0.29, 0.717) is 22.7 Å². The van der Waals surface area contributed by atoms with E-state index in [9.17, 15) is 4.79 Å². The molecule has 0 unspecified atom stereocenters. The molecule has 0 saturated heterocycles. The molecule has 1 fully saturated rings. The number of nitrogens with two attached hydrogens (primary N) is 1. The fraction of sp³-hybridized carbons (Fsp3) is 0.600. The molecule has 0 spiro atoms. The van der Waals surface area contributed by atoms with E-state index in [1.54, 1.807) is 6.07 Å². The summed E-state index contributed by atoms with van der Waals surface area (Å²) in [7, 11) is 0. The van der Waals surface area contributed by atoms with Gasteiger partial charge in [0, 0.05) is 17.8 Å². The number of carbonyl (C=O) groups excluding carboxylic acids is 1. The molecule has 5 nitrogen and oxygen atoms in total. The number of hydrazine groups is 1. The Morgan fingerprint density at radius 1 is 1.45 bits per heavy atom. The number of hydrogen-bond donors (Lipinski definition) is 3. The number of nitrogens with one attached hydrogen (secondary N) is 2. The molecule has 1 aromatic heterocycles. The summed E-state index contributed by atoms with van der Waals surface area (Å²) in [4.78, 5) is 16.6. The van der Waals surface area contributed by atoms with Gasteiger partial charge in [-0.3, -0.25) is 4.79 Å². The maximum absolute atomic E-state index is 12.3. The summed E-state index contributed by atoms with van der Waals surface area (Å²) >= 11 is 0. The maximum Gasteiger partial charge on any atom is 0.251 e. The summed E-state index contributed by atoms with van der Waals surface area (Å²) in [5, 5.41) is 3.05. The average molecular weight is 276 g/mol. The molecule has 20 heavy (non-hydrogen) atoms. The molecule has 0 radical (unpaired) electrons. The van der Waals surface area contributed by atoms with Crippen LogP contribution in [0.15, 0.2) is 12.1 Å². The van der Waals surface area contributed by atoms with Crippen molar-refractivity contribution in [2.75, 3.05) is 12.0 Å². The Bertz CT molecular complexity index is 472. The Hall–Kier alpha value is -1.62. The van der Waals surface area contributed by atoms with Crippen molar-refractivity contribution in [1.29, 1.82) is 0 Å². The topological polar surface area (TPSA) is 80.0 Å². The second-order valence-electron chi connectivity index (χ2n) is 5.93. The molecule has 1 heterocycles. The highest BCUT2D eigenvalue weighted by Crippen LogP contribution is 2.51. The molecule has 110 valence electrons. The van der Waals surface area contributed by atoms with Gasteiger partial charge in [0.1, 0.15) is 5.82 Å². The van der Waals surface area contributed by atoms with Gasteiger partial charge in [0.2, 0.25) is 0 Å². The van der Waals surface area contributed by atoms with Crippen LogP contribution in [0.2, 0.25) is 0 Å². The molecule has 1 amide bonds. The minimum Gasteiger partial charge on any atom is -0.351 e. The summed E-state index contributed by atoms with van der Waals surface area (Å²) in [6.45, 7) is 7.19. The Morgan fingerprint density at radius 3 is 2.65 bits per heavy atom. The normalized spacial score (nSPS) is 16.1. The lowest BCUT2D eigenvalue weighted by atomic mass is 9.92. The Morgan fingerprint density at radius 2 is 2.15 bits per heavy atom. The highest BCUT2D eigenvalue weighted by Gasteiger charge is 2.45. The van der Waals surface area contributed by atoms with E-state index in [1.165, 1.54) is 12.8 Å². The van der Waals surface area contributed by atoms with Gasteiger partial charge in [-0.2, -0.15) is 0 Å². The largest absolute Gasteiger partial charge is 0.351 e. The second-order valence-corrected chi connectivity index (χ2v) is 5.93. The van der Waals surface area contributed by atoms with Crippen molar-refractivity contribution in [2.24, 2.45) is 17.2 Å². The number of rotatable bonds is 6. The Kier molecular flexibility index (Phi) is 4.28. The number of amides is 1. The lowest BCUT2D eigenvalue weighted by Crippen LogP contribution is -2.32. The van der Waals surface area contributed by atoms with E-state index in [-0.39, 0.29) is 5.91 Å². The molecule has 2 rings (SSSR count). The predicted octanol–water partition coefficient (Wildman–Crippen LogP) is 2.10. The molecule has 1 aliphatic carbocycles. The van der Waals surface area contributed by atoms with Crippen LogP contribution in [0.5, 0.6) is 0 Å². The minimum absolute atomic E-state index is 0.0504. The summed E-state index contributed by atoms with van der Waals surface area (Å²) < 4.78 is 0. The van der Waals surface area contributed by atoms with Crippen molar-refractivity contribution in [3.63, 3.8) is 0 Å². The van der Waals surface area contributed by atoms with E-state index in [2.05, 4.69) is 29.6 Å². The van der Waals surface area contributed by atoms with Crippen molar-refractivity contribution in [3.8, 4) is 0 Å². The van der Waals surface area contributed by atoms with E-state index >= 15 is 0 Å². The number of hydrogen-bond acceptors (Lipinski definition) is 4. The molecule has 1 aliphatic rings. The summed E-state index contributed by atoms with van der Waals surface area (Å²) in [5.41, 5.74) is 4.29. The second kappa shape index (κ2) is 5.79. The minimum atomic E-state index is -0.0504. The van der Waals surface area contributed by atoms with Crippen LogP contribution in [0.25, 0.3) is 0 Å². The van der Waals surface area contributed by atoms with Gasteiger partial charge in [-0.1, -0.05) is 20.8 Å². The smallest absolute Gasteiger partial charge is 0.251 e. The number of anilines is 1. The predicted molar refractivity (Wildman–Crippen MR) is 80.3 cm³/mol. The molecule has 1 aromatic rings. The molecular formula is C15H24N4O. The van der Waals surface area contributed by atoms with Gasteiger partial charge in [-0.15, -0.1) is 0 Å². The van der Waals surface area contributed by atoms with Crippen LogP contribution >= 0.6 is 0 Å². The monoisotopic (exact) mass is 276 g/mol. The van der Waals surface area contributed by atoms with Crippen LogP contribution in [-0.4, -0.2) is 17.4 Å². The first-order valence-electron chi connectivity index (χ1n) is 7.26. The van der Waals surface area contributed by atoms with Gasteiger partial charge in [0.05, 0.1) is 0 Å². The SMILES string of the molecule is CCc1cc(C(=O)NCC2(C(C)C)CC2)cc(NN)n1. The first kappa shape index (κ1) is 14.8. The molecule has 4 N–H and O–H groups in total. The van der Waals surface area contributed by atoms with E-state index in [4.69, 9.17) is 5.84 Å². The lowest BCUT2D eigenvalue weighted by molar-refractivity contribution is 0.0939. The van der Waals surface area contributed by atoms with E-state index in [1.807, 2.05) is 13.0 Å². The number of nitrogens with zero attached hydrogens (tertiary/aromatic N) is 1. The van der Waals surface area contributed by atoms with Crippen molar-refractivity contribution in [3.05, 3.63) is 23.4 Å². The Balaban J connectivity index is 2.05. The number of pyridine rings is 1. The van der Waals surface area contributed by atoms with Gasteiger partial charge in [-0.05, 0) is 42.7 Å². The summed E-state index contributed by atoms with van der Waals surface area (Å²) in [5.74, 6) is 6.47. The number of aromatic nitrogens is 1. The fourth-order valence-electron chi connectivity index (χ4n) is 2.45. The van der Waals surface area contributed by atoms with Crippen molar-refractivity contribution in [2.45, 2.75) is 40.0 Å². The molecule has 0 atom stereocenters. The molecule has 0 aromatic carbocycles. The van der Waals surface area contributed by atoms with E-state index < -0.39 is 0 Å². The van der Waals surface area contributed by atoms with Crippen molar-refractivity contribution in [1.82, 2.24) is 10.3 Å². The van der Waals surface area contributed by atoms with Crippen molar-refractivity contribution >= 4 is 11.7 Å². The van der Waals surface area contributed by atoms with Gasteiger partial charge >= 0.3 is 0 Å². The lowest BCUT2D eigenvalue weighted by Gasteiger charge is -2.20. The molecule has 0 aliphatic heterocycles. The van der Waals surface area contributed by atoms with Crippen LogP contribution < -0.4 is 16.6 Å². The quantitative estimate of drug-likeness (QED) is 0.549. The number of carbonyl (C=O) groups is 1. The average Bonchev–Trinajstić information content (AvgIpc) is 3.25. The first-order chi connectivity index (χ1) is 9.50. The van der Waals surface area contributed by atoms with Crippen LogP contribution in [0, 0.1) is 11.3 Å². The number of nitrogen functional groups attached to an aromatic ring is 1. The highest BCUT2D eigenvalue weighted by atomic mass is 16.1. The van der Waals surface area contributed by atoms with Crippen LogP contribution in [0.1, 0.15) is 49.7 Å². The first-order valence-corrected chi connectivity index (χ1v) is 7.26. The van der Waals surface area contributed by atoms with Gasteiger partial charge in [-0.25, -0.2) is 10.8 Å². The standard InChI is InChI=1S/C15H24N4O/c1-4-12-7-11(8-13(18-12)19-16)14(20)17-9-15(5-6-15)10(2)3/h7-8,10H,4-6,9,16H2,1-3H3,(H,17,20)(H,18,19). The molecule has 0 bridgehead atoms. The van der Waals surface area contributed by atoms with Gasteiger partial charge < -0.3 is 10.7 Å². The third kappa shape index (κ3) is 3.10. The molecule has 1 saturated carbocycles. The van der Waals surface area contributed by atoms with E-state index in [0.717, 1.165) is 18.7 Å². The van der Waals surface area contributed by atoms with Gasteiger partial charge in [0.15, 0.2) is 0 Å². The van der Waals surface area contributed by atoms with Gasteiger partial charge in [0.25, 0.3) is 5.91 Å². The highest BCUT2D eigenvalue weighted by molar-refractivity contribution is 5.95. The zero-order chi connectivity index (χ0) is 14.8. The van der Waals surface area contributed by atoms with Crippen molar-refractivity contribution < 1.29 is 4.79 Å². The van der Waals surface area contributed by atoms with Crippen LogP contribution in [0.3, 0.4) is 0 Å². The third-order valence-corrected chi connectivity index (χ3v) is 4.37. The molecule has 5 heteroatoms. The number of aryl methyl sites for hydroxylation is 1. The summed E-state index contributed by atoms with van der Waals surface area (Å²) in [6.07, 6.45) is 3.18. The van der Waals surface area contributed by atoms with Crippen LogP contribution in [-0.2, 0) is 6.42 Å². The summed E-state index contributed by atoms with van der Waals surface area (Å²) in [6, 6.07) is 3.51. The zero-order valence-electron chi connectivity index (χ0n) is 12.5. The van der Waals surface area contributed by atoms with Crippen LogP contribution in [0.4, 0.5) is 5.82 Å². The maximum atomic E-state index is 12.3. The fourth-order valence-corrected chi connectivity index (χ4v) is 2.45. The third-order valence-electron chi connectivity index (χ3n) is 4.37.